The van der Waals surface area contributed by atoms with Gasteiger partial charge in [-0.2, -0.15) is 0 Å². The number of fused-ring (bicyclic) bond motifs is 1. The Bertz CT molecular complexity index is 698. The fourth-order valence-corrected chi connectivity index (χ4v) is 4.61. The monoisotopic (exact) mass is 412 g/mol. The highest BCUT2D eigenvalue weighted by atomic mass is 35.5. The number of anilines is 1. The van der Waals surface area contributed by atoms with Crippen LogP contribution in [-0.2, 0) is 9.59 Å². The first kappa shape index (κ1) is 20.4. The molecule has 2 fully saturated rings. The van der Waals surface area contributed by atoms with Crippen molar-refractivity contribution in [2.75, 3.05) is 38.5 Å². The summed E-state index contributed by atoms with van der Waals surface area (Å²) < 4.78 is 0. The third kappa shape index (κ3) is 5.59. The standard InChI is InChI=1S/C20H27Cl2N3O2/c1-24(12-19(26)23-16-6-7-17(21)18(22)10-16)13-20(27)25-9-8-14-4-2-3-5-15(14)11-25/h6-7,10,14-15H,2-5,8-9,11-13H2,1H3,(H,23,26)/p+1/t14-,15+/m0/s1. The van der Waals surface area contributed by atoms with E-state index in [-0.39, 0.29) is 18.4 Å². The molecule has 0 radical (unpaired) electrons. The third-order valence-electron chi connectivity index (χ3n) is 5.76. The minimum absolute atomic E-state index is 0.148. The van der Waals surface area contributed by atoms with Crippen molar-refractivity contribution in [3.8, 4) is 0 Å². The minimum Gasteiger partial charge on any atom is -0.338 e. The van der Waals surface area contributed by atoms with Crippen LogP contribution in [0.25, 0.3) is 0 Å². The molecule has 5 nitrogen and oxygen atoms in total. The van der Waals surface area contributed by atoms with Crippen LogP contribution in [0.2, 0.25) is 10.0 Å². The van der Waals surface area contributed by atoms with Crippen molar-refractivity contribution in [3.05, 3.63) is 28.2 Å². The summed E-state index contributed by atoms with van der Waals surface area (Å²) in [7, 11) is 1.87. The molecule has 148 valence electrons. The number of carbonyl (C=O) groups excluding carboxylic acids is 2. The molecular formula is C20H28Cl2N3O2+. The fourth-order valence-electron chi connectivity index (χ4n) is 4.31. The zero-order chi connectivity index (χ0) is 19.4. The molecule has 2 N–H and O–H groups in total. The van der Waals surface area contributed by atoms with Gasteiger partial charge in [-0.15, -0.1) is 0 Å². The smallest absolute Gasteiger partial charge is 0.279 e. The number of nitrogens with one attached hydrogen (secondary N) is 2. The van der Waals surface area contributed by atoms with Crippen LogP contribution in [0.1, 0.15) is 32.1 Å². The summed E-state index contributed by atoms with van der Waals surface area (Å²) in [6, 6.07) is 4.98. The van der Waals surface area contributed by atoms with E-state index in [1.807, 2.05) is 11.9 Å². The average Bonchev–Trinajstić information content (AvgIpc) is 2.64. The number of likely N-dealkylation sites (tertiary alicyclic amines) is 1. The predicted octanol–water partition coefficient (Wildman–Crippen LogP) is 2.49. The van der Waals surface area contributed by atoms with Gasteiger partial charge in [0.1, 0.15) is 0 Å². The Hall–Kier alpha value is -1.30. The number of piperidine rings is 1. The van der Waals surface area contributed by atoms with Crippen molar-refractivity contribution in [2.45, 2.75) is 32.1 Å². The minimum atomic E-state index is -0.148. The Morgan fingerprint density at radius 3 is 2.59 bits per heavy atom. The number of amides is 2. The molecule has 3 rings (SSSR count). The molecule has 1 heterocycles. The second kappa shape index (κ2) is 9.26. The van der Waals surface area contributed by atoms with Crippen molar-refractivity contribution >= 4 is 40.7 Å². The lowest BCUT2D eigenvalue weighted by atomic mass is 9.75. The predicted molar refractivity (Wildman–Crippen MR) is 108 cm³/mol. The number of carbonyl (C=O) groups is 2. The summed E-state index contributed by atoms with van der Waals surface area (Å²) in [4.78, 5) is 27.8. The SMILES string of the molecule is C[NH+](CC(=O)Nc1ccc(Cl)c(Cl)c1)CC(=O)N1CC[C@@H]2CCCC[C@@H]2C1. The summed E-state index contributed by atoms with van der Waals surface area (Å²) in [5, 5.41) is 3.65. The van der Waals surface area contributed by atoms with E-state index < -0.39 is 0 Å². The summed E-state index contributed by atoms with van der Waals surface area (Å²) in [5.41, 5.74) is 0.605. The number of hydrogen-bond acceptors (Lipinski definition) is 2. The van der Waals surface area contributed by atoms with Gasteiger partial charge in [0.2, 0.25) is 0 Å². The van der Waals surface area contributed by atoms with Crippen LogP contribution >= 0.6 is 23.2 Å². The number of hydrogen-bond donors (Lipinski definition) is 2. The van der Waals surface area contributed by atoms with Gasteiger partial charge in [-0.1, -0.05) is 42.5 Å². The van der Waals surface area contributed by atoms with E-state index in [9.17, 15) is 9.59 Å². The number of rotatable bonds is 5. The molecule has 3 atom stereocenters. The van der Waals surface area contributed by atoms with Crippen LogP contribution < -0.4 is 10.2 Å². The number of likely N-dealkylation sites (N-methyl/N-ethyl adjacent to an activating group) is 1. The van der Waals surface area contributed by atoms with Crippen molar-refractivity contribution in [1.29, 1.82) is 0 Å². The van der Waals surface area contributed by atoms with E-state index >= 15 is 0 Å². The number of nitrogens with zero attached hydrogens (tertiary/aromatic N) is 1. The van der Waals surface area contributed by atoms with E-state index in [4.69, 9.17) is 23.2 Å². The summed E-state index contributed by atoms with van der Waals surface area (Å²) >= 11 is 11.9. The fraction of sp³-hybridized carbons (Fsp3) is 0.600. The zero-order valence-electron chi connectivity index (χ0n) is 15.8. The topological polar surface area (TPSA) is 53.9 Å². The molecule has 1 saturated heterocycles. The molecule has 2 amide bonds. The molecule has 1 saturated carbocycles. The van der Waals surface area contributed by atoms with Crippen LogP contribution in [0.4, 0.5) is 5.69 Å². The molecule has 7 heteroatoms. The summed E-state index contributed by atoms with van der Waals surface area (Å²) in [6.45, 7) is 2.33. The second-order valence-corrected chi connectivity index (χ2v) is 8.74. The molecule has 27 heavy (non-hydrogen) atoms. The lowest BCUT2D eigenvalue weighted by molar-refractivity contribution is -0.862. The first-order chi connectivity index (χ1) is 12.9. The van der Waals surface area contributed by atoms with E-state index in [1.54, 1.807) is 18.2 Å². The maximum Gasteiger partial charge on any atom is 0.279 e. The van der Waals surface area contributed by atoms with Gasteiger partial charge >= 0.3 is 0 Å². The van der Waals surface area contributed by atoms with Crippen LogP contribution in [0.3, 0.4) is 0 Å². The highest BCUT2D eigenvalue weighted by Crippen LogP contribution is 2.35. The molecule has 0 spiro atoms. The first-order valence-corrected chi connectivity index (χ1v) is 10.5. The van der Waals surface area contributed by atoms with E-state index in [1.165, 1.54) is 25.7 Å². The second-order valence-electron chi connectivity index (χ2n) is 7.92. The average molecular weight is 413 g/mol. The maximum atomic E-state index is 12.6. The van der Waals surface area contributed by atoms with Gasteiger partial charge in [-0.25, -0.2) is 0 Å². The lowest BCUT2D eigenvalue weighted by Gasteiger charge is -2.41. The Balaban J connectivity index is 1.45. The van der Waals surface area contributed by atoms with Crippen molar-refractivity contribution in [3.63, 3.8) is 0 Å². The number of benzene rings is 1. The van der Waals surface area contributed by atoms with Gasteiger partial charge in [0.15, 0.2) is 13.1 Å². The Morgan fingerprint density at radius 1 is 1.11 bits per heavy atom. The van der Waals surface area contributed by atoms with Crippen LogP contribution in [0.15, 0.2) is 18.2 Å². The van der Waals surface area contributed by atoms with Gasteiger partial charge < -0.3 is 15.1 Å². The zero-order valence-corrected chi connectivity index (χ0v) is 17.3. The van der Waals surface area contributed by atoms with Crippen LogP contribution in [0, 0.1) is 11.8 Å². The highest BCUT2D eigenvalue weighted by Gasteiger charge is 2.33. The van der Waals surface area contributed by atoms with Gasteiger partial charge in [0.25, 0.3) is 11.8 Å². The van der Waals surface area contributed by atoms with Crippen molar-refractivity contribution in [1.82, 2.24) is 4.90 Å². The van der Waals surface area contributed by atoms with Crippen molar-refractivity contribution < 1.29 is 14.5 Å². The van der Waals surface area contributed by atoms with Crippen molar-refractivity contribution in [2.24, 2.45) is 11.8 Å². The van der Waals surface area contributed by atoms with Gasteiger partial charge in [-0.05, 0) is 42.9 Å². The highest BCUT2D eigenvalue weighted by molar-refractivity contribution is 6.42. The van der Waals surface area contributed by atoms with Crippen LogP contribution in [0.5, 0.6) is 0 Å². The lowest BCUT2D eigenvalue weighted by Crippen LogP contribution is -3.11. The third-order valence-corrected chi connectivity index (χ3v) is 6.50. The molecule has 2 aliphatic rings. The molecule has 1 aliphatic carbocycles. The molecule has 0 bridgehead atoms. The Kier molecular flexibility index (Phi) is 7.01. The Morgan fingerprint density at radius 2 is 1.85 bits per heavy atom. The van der Waals surface area contributed by atoms with Gasteiger partial charge in [-0.3, -0.25) is 9.59 Å². The molecule has 1 unspecified atom stereocenters. The van der Waals surface area contributed by atoms with E-state index in [0.29, 0.717) is 28.2 Å². The van der Waals surface area contributed by atoms with E-state index in [0.717, 1.165) is 30.3 Å². The summed E-state index contributed by atoms with van der Waals surface area (Å²) in [6.07, 6.45) is 6.35. The largest absolute Gasteiger partial charge is 0.338 e. The molecule has 0 aromatic heterocycles. The Labute approximate surface area is 171 Å². The molecule has 1 aromatic rings. The van der Waals surface area contributed by atoms with Gasteiger partial charge in [0.05, 0.1) is 17.1 Å². The molecule has 1 aliphatic heterocycles. The number of halogens is 2. The molecule has 1 aromatic carbocycles. The van der Waals surface area contributed by atoms with E-state index in [2.05, 4.69) is 5.32 Å². The summed E-state index contributed by atoms with van der Waals surface area (Å²) in [5.74, 6) is 1.49. The quantitative estimate of drug-likeness (QED) is 0.780. The van der Waals surface area contributed by atoms with Gasteiger partial charge in [0, 0.05) is 18.8 Å². The van der Waals surface area contributed by atoms with Crippen LogP contribution in [-0.4, -0.2) is 49.9 Å². The first-order valence-electron chi connectivity index (χ1n) is 9.76. The number of quaternary nitrogens is 1. The maximum absolute atomic E-state index is 12.6. The normalized spacial score (nSPS) is 23.4. The molecular weight excluding hydrogens is 385 g/mol.